The maximum absolute atomic E-state index is 13.2. The summed E-state index contributed by atoms with van der Waals surface area (Å²) in [7, 11) is 1.61. The molecule has 33 heavy (non-hydrogen) atoms. The Morgan fingerprint density at radius 3 is 2.45 bits per heavy atom. The van der Waals surface area contributed by atoms with Crippen LogP contribution in [0.4, 0.5) is 4.39 Å². The van der Waals surface area contributed by atoms with E-state index in [0.29, 0.717) is 31.3 Å². The van der Waals surface area contributed by atoms with Crippen molar-refractivity contribution < 1.29 is 18.7 Å². The molecule has 2 heterocycles. The van der Waals surface area contributed by atoms with Crippen LogP contribution in [0.2, 0.25) is 5.02 Å². The molecular weight excluding hydrogens is 469 g/mol. The number of thioether (sulfide) groups is 1. The van der Waals surface area contributed by atoms with E-state index in [9.17, 15) is 14.0 Å². The van der Waals surface area contributed by atoms with E-state index in [1.54, 1.807) is 27.8 Å². The Balaban J connectivity index is 1.31. The zero-order valence-corrected chi connectivity index (χ0v) is 19.4. The average Bonchev–Trinajstić information content (AvgIpc) is 3.31. The highest BCUT2D eigenvalue weighted by Gasteiger charge is 2.26. The van der Waals surface area contributed by atoms with Crippen molar-refractivity contribution in [2.45, 2.75) is 5.16 Å². The van der Waals surface area contributed by atoms with Gasteiger partial charge < -0.3 is 14.5 Å². The van der Waals surface area contributed by atoms with E-state index >= 15 is 0 Å². The number of aromatic nitrogens is 3. The SMILES string of the molecule is COc1ccc(-n2cnnc2SCC(=O)N2CCN(C(=O)c3ccc(F)cc3Cl)CC2)cc1. The van der Waals surface area contributed by atoms with Gasteiger partial charge in [0.15, 0.2) is 5.16 Å². The largest absolute Gasteiger partial charge is 0.497 e. The Morgan fingerprint density at radius 1 is 1.09 bits per heavy atom. The molecule has 0 atom stereocenters. The second kappa shape index (κ2) is 10.2. The Morgan fingerprint density at radius 2 is 1.79 bits per heavy atom. The van der Waals surface area contributed by atoms with Crippen molar-refractivity contribution in [2.75, 3.05) is 39.0 Å². The van der Waals surface area contributed by atoms with E-state index in [1.807, 2.05) is 24.3 Å². The zero-order valence-electron chi connectivity index (χ0n) is 17.8. The van der Waals surface area contributed by atoms with Crippen LogP contribution in [-0.2, 0) is 4.79 Å². The first-order valence-electron chi connectivity index (χ1n) is 10.2. The molecule has 4 rings (SSSR count). The molecule has 0 bridgehead atoms. The fourth-order valence-electron chi connectivity index (χ4n) is 3.45. The maximum Gasteiger partial charge on any atom is 0.255 e. The third-order valence-corrected chi connectivity index (χ3v) is 6.51. The van der Waals surface area contributed by atoms with Crippen molar-refractivity contribution in [1.82, 2.24) is 24.6 Å². The number of rotatable bonds is 6. The molecule has 3 aromatic rings. The van der Waals surface area contributed by atoms with E-state index in [0.717, 1.165) is 17.5 Å². The third kappa shape index (κ3) is 5.28. The minimum atomic E-state index is -0.493. The predicted octanol–water partition coefficient (Wildman–Crippen LogP) is 3.15. The van der Waals surface area contributed by atoms with Gasteiger partial charge >= 0.3 is 0 Å². The van der Waals surface area contributed by atoms with Crippen LogP contribution in [0.1, 0.15) is 10.4 Å². The molecule has 11 heteroatoms. The van der Waals surface area contributed by atoms with Crippen molar-refractivity contribution in [3.05, 3.63) is 65.2 Å². The minimum Gasteiger partial charge on any atom is -0.497 e. The summed E-state index contributed by atoms with van der Waals surface area (Å²) in [5.74, 6) is 0.139. The Bertz CT molecular complexity index is 1150. The van der Waals surface area contributed by atoms with Crippen molar-refractivity contribution in [3.63, 3.8) is 0 Å². The van der Waals surface area contributed by atoms with Gasteiger partial charge in [-0.1, -0.05) is 23.4 Å². The lowest BCUT2D eigenvalue weighted by Gasteiger charge is -2.35. The lowest BCUT2D eigenvalue weighted by molar-refractivity contribution is -0.129. The predicted molar refractivity (Wildman–Crippen MR) is 123 cm³/mol. The van der Waals surface area contributed by atoms with Gasteiger partial charge in [-0.2, -0.15) is 0 Å². The summed E-state index contributed by atoms with van der Waals surface area (Å²) in [4.78, 5) is 28.8. The van der Waals surface area contributed by atoms with Gasteiger partial charge in [0.1, 0.15) is 17.9 Å². The van der Waals surface area contributed by atoms with E-state index in [-0.39, 0.29) is 28.2 Å². The first kappa shape index (κ1) is 23.1. The molecule has 172 valence electrons. The average molecular weight is 490 g/mol. The van der Waals surface area contributed by atoms with Crippen molar-refractivity contribution in [2.24, 2.45) is 0 Å². The number of methoxy groups -OCH3 is 1. The molecule has 1 aromatic heterocycles. The second-order valence-electron chi connectivity index (χ2n) is 7.27. The Labute approximate surface area is 199 Å². The number of nitrogens with zero attached hydrogens (tertiary/aromatic N) is 5. The Hall–Kier alpha value is -3.11. The molecule has 2 aromatic carbocycles. The number of hydrogen-bond acceptors (Lipinski definition) is 6. The smallest absolute Gasteiger partial charge is 0.255 e. The fourth-order valence-corrected chi connectivity index (χ4v) is 4.53. The summed E-state index contributed by atoms with van der Waals surface area (Å²) >= 11 is 7.31. The lowest BCUT2D eigenvalue weighted by Crippen LogP contribution is -2.51. The summed E-state index contributed by atoms with van der Waals surface area (Å²) in [5.41, 5.74) is 1.12. The molecule has 0 aliphatic carbocycles. The minimum absolute atomic E-state index is 0.0452. The first-order valence-corrected chi connectivity index (χ1v) is 11.5. The van der Waals surface area contributed by atoms with Gasteiger partial charge in [-0.05, 0) is 42.5 Å². The topological polar surface area (TPSA) is 80.6 Å². The summed E-state index contributed by atoms with van der Waals surface area (Å²) < 4.78 is 20.2. The molecule has 8 nitrogen and oxygen atoms in total. The molecule has 1 saturated heterocycles. The van der Waals surface area contributed by atoms with Crippen LogP contribution in [0.5, 0.6) is 5.75 Å². The number of hydrogen-bond donors (Lipinski definition) is 0. The van der Waals surface area contributed by atoms with Crippen LogP contribution in [0, 0.1) is 5.82 Å². The molecule has 0 N–H and O–H groups in total. The normalized spacial score (nSPS) is 13.8. The van der Waals surface area contributed by atoms with Crippen molar-refractivity contribution in [1.29, 1.82) is 0 Å². The van der Waals surface area contributed by atoms with Gasteiger partial charge in [0, 0.05) is 31.9 Å². The van der Waals surface area contributed by atoms with Crippen molar-refractivity contribution >= 4 is 35.2 Å². The molecule has 0 unspecified atom stereocenters. The van der Waals surface area contributed by atoms with Crippen LogP contribution < -0.4 is 4.74 Å². The number of carbonyl (C=O) groups excluding carboxylic acids is 2. The van der Waals surface area contributed by atoms with Gasteiger partial charge in [-0.15, -0.1) is 10.2 Å². The summed E-state index contributed by atoms with van der Waals surface area (Å²) in [6.45, 7) is 1.58. The monoisotopic (exact) mass is 489 g/mol. The molecular formula is C22H21ClFN5O3S. The van der Waals surface area contributed by atoms with Gasteiger partial charge in [0.2, 0.25) is 5.91 Å². The Kier molecular flexibility index (Phi) is 7.14. The highest BCUT2D eigenvalue weighted by Crippen LogP contribution is 2.23. The van der Waals surface area contributed by atoms with E-state index in [2.05, 4.69) is 10.2 Å². The number of piperazine rings is 1. The van der Waals surface area contributed by atoms with E-state index in [4.69, 9.17) is 16.3 Å². The van der Waals surface area contributed by atoms with Crippen LogP contribution in [0.3, 0.4) is 0 Å². The van der Waals surface area contributed by atoms with E-state index < -0.39 is 5.82 Å². The number of halogens is 2. The van der Waals surface area contributed by atoms with Gasteiger partial charge in [-0.3, -0.25) is 14.2 Å². The molecule has 0 radical (unpaired) electrons. The van der Waals surface area contributed by atoms with E-state index in [1.165, 1.54) is 23.9 Å². The van der Waals surface area contributed by atoms with Crippen LogP contribution in [-0.4, -0.2) is 75.4 Å². The van der Waals surface area contributed by atoms with Crippen LogP contribution >= 0.6 is 23.4 Å². The number of ether oxygens (including phenoxy) is 1. The molecule has 0 saturated carbocycles. The highest BCUT2D eigenvalue weighted by atomic mass is 35.5. The summed E-state index contributed by atoms with van der Waals surface area (Å²) in [5, 5.41) is 8.76. The molecule has 1 fully saturated rings. The number of amides is 2. The molecule has 2 amide bonds. The first-order chi connectivity index (χ1) is 16.0. The molecule has 0 spiro atoms. The van der Waals surface area contributed by atoms with Gasteiger partial charge in [0.25, 0.3) is 5.91 Å². The number of carbonyl (C=O) groups is 2. The standard InChI is InChI=1S/C22H21ClFN5O3S/c1-32-17-5-3-16(4-6-17)29-14-25-26-22(29)33-13-20(30)27-8-10-28(11-9-27)21(31)18-7-2-15(24)12-19(18)23/h2-7,12,14H,8-11,13H2,1H3. The highest BCUT2D eigenvalue weighted by molar-refractivity contribution is 7.99. The van der Waals surface area contributed by atoms with Gasteiger partial charge in [0.05, 0.1) is 23.4 Å². The maximum atomic E-state index is 13.2. The molecule has 1 aliphatic heterocycles. The third-order valence-electron chi connectivity index (χ3n) is 5.27. The van der Waals surface area contributed by atoms with Crippen molar-refractivity contribution in [3.8, 4) is 11.4 Å². The molecule has 1 aliphatic rings. The second-order valence-corrected chi connectivity index (χ2v) is 8.62. The van der Waals surface area contributed by atoms with Crippen LogP contribution in [0.25, 0.3) is 5.69 Å². The quantitative estimate of drug-likeness (QED) is 0.495. The van der Waals surface area contributed by atoms with Crippen LogP contribution in [0.15, 0.2) is 53.9 Å². The number of benzene rings is 2. The summed E-state index contributed by atoms with van der Waals surface area (Å²) in [6.07, 6.45) is 1.60. The fraction of sp³-hybridized carbons (Fsp3) is 0.273. The van der Waals surface area contributed by atoms with Gasteiger partial charge in [-0.25, -0.2) is 4.39 Å². The lowest BCUT2D eigenvalue weighted by atomic mass is 10.1. The zero-order chi connectivity index (χ0) is 23.4. The summed E-state index contributed by atoms with van der Waals surface area (Å²) in [6, 6.07) is 11.2.